The van der Waals surface area contributed by atoms with Crippen molar-refractivity contribution in [1.82, 2.24) is 15.2 Å². The number of rotatable bonds is 14. The minimum atomic E-state index is -0.352. The first-order chi connectivity index (χ1) is 16.9. The molecule has 1 saturated carbocycles. The molecule has 1 aliphatic rings. The van der Waals surface area contributed by atoms with Crippen molar-refractivity contribution in [3.05, 3.63) is 59.8 Å². The second-order valence-electron chi connectivity index (χ2n) is 8.99. The molecule has 1 heterocycles. The molecule has 8 heteroatoms. The molecule has 3 N–H and O–H groups in total. The lowest BCUT2D eigenvalue weighted by molar-refractivity contribution is -0.144. The van der Waals surface area contributed by atoms with Gasteiger partial charge in [-0.2, -0.15) is 0 Å². The molecule has 0 spiro atoms. The van der Waals surface area contributed by atoms with Crippen molar-refractivity contribution in [1.29, 1.82) is 0 Å². The number of nitrogens with zero attached hydrogens (tertiary/aromatic N) is 2. The second-order valence-corrected chi connectivity index (χ2v) is 8.99. The summed E-state index contributed by atoms with van der Waals surface area (Å²) in [7, 11) is 0. The summed E-state index contributed by atoms with van der Waals surface area (Å²) in [5, 5.41) is 2.98. The third-order valence-electron chi connectivity index (χ3n) is 6.03. The van der Waals surface area contributed by atoms with Gasteiger partial charge in [-0.25, -0.2) is 4.98 Å². The van der Waals surface area contributed by atoms with E-state index in [0.717, 1.165) is 36.8 Å². The highest BCUT2D eigenvalue weighted by Crippen LogP contribution is 2.27. The Balaban J connectivity index is 1.52. The van der Waals surface area contributed by atoms with Gasteiger partial charge in [0.05, 0.1) is 19.6 Å². The average Bonchev–Trinajstić information content (AvgIpc) is 3.67. The normalized spacial score (nSPS) is 13.6. The minimum absolute atomic E-state index is 0.0103. The van der Waals surface area contributed by atoms with Gasteiger partial charge in [-0.3, -0.25) is 14.4 Å². The van der Waals surface area contributed by atoms with Crippen molar-refractivity contribution < 1.29 is 19.1 Å². The lowest BCUT2D eigenvalue weighted by Gasteiger charge is -2.24. The molecule has 0 unspecified atom stereocenters. The highest BCUT2D eigenvalue weighted by atomic mass is 16.5. The van der Waals surface area contributed by atoms with Gasteiger partial charge in [0.15, 0.2) is 0 Å². The van der Waals surface area contributed by atoms with Gasteiger partial charge in [0.1, 0.15) is 5.82 Å². The molecule has 1 aromatic carbocycles. The van der Waals surface area contributed by atoms with Crippen molar-refractivity contribution in [2.24, 2.45) is 0 Å². The smallest absolute Gasteiger partial charge is 0.307 e. The van der Waals surface area contributed by atoms with Crippen molar-refractivity contribution >= 4 is 23.6 Å². The maximum absolute atomic E-state index is 12.9. The van der Waals surface area contributed by atoms with Crippen LogP contribution >= 0.6 is 0 Å². The number of aromatic nitrogens is 1. The van der Waals surface area contributed by atoms with Crippen molar-refractivity contribution in [3.63, 3.8) is 0 Å². The Hall–Kier alpha value is -3.42. The number of pyridine rings is 1. The van der Waals surface area contributed by atoms with Gasteiger partial charge in [-0.05, 0) is 68.7 Å². The zero-order valence-electron chi connectivity index (χ0n) is 20.4. The van der Waals surface area contributed by atoms with E-state index in [4.69, 9.17) is 10.5 Å². The molecule has 0 radical (unpaired) electrons. The summed E-state index contributed by atoms with van der Waals surface area (Å²) in [6.07, 6.45) is 6.72. The molecule has 1 aromatic heterocycles. The molecule has 1 aliphatic carbocycles. The fraction of sp³-hybridized carbons (Fsp3) is 0.481. The van der Waals surface area contributed by atoms with Crippen LogP contribution < -0.4 is 11.1 Å². The van der Waals surface area contributed by atoms with Crippen LogP contribution in [0.25, 0.3) is 0 Å². The van der Waals surface area contributed by atoms with Crippen molar-refractivity contribution in [3.8, 4) is 0 Å². The molecule has 0 aliphatic heterocycles. The van der Waals surface area contributed by atoms with E-state index in [1.54, 1.807) is 18.0 Å². The molecule has 188 valence electrons. The number of aryl methyl sites for hydroxylation is 2. The maximum Gasteiger partial charge on any atom is 0.307 e. The molecule has 2 amide bonds. The first kappa shape index (κ1) is 26.2. The number of hydrogen-bond donors (Lipinski definition) is 2. The molecular formula is C27H36N4O4. The molecule has 0 saturated heterocycles. The maximum atomic E-state index is 12.9. The van der Waals surface area contributed by atoms with Crippen LogP contribution in [0.2, 0.25) is 0 Å². The predicted octanol–water partition coefficient (Wildman–Crippen LogP) is 3.05. The number of ether oxygens (including phenoxy) is 1. The van der Waals surface area contributed by atoms with E-state index in [1.807, 2.05) is 42.5 Å². The van der Waals surface area contributed by atoms with E-state index in [2.05, 4.69) is 10.3 Å². The number of nitrogens with two attached hydrogens (primary N) is 1. The highest BCUT2D eigenvalue weighted by Gasteiger charge is 2.33. The van der Waals surface area contributed by atoms with Gasteiger partial charge in [-0.1, -0.05) is 30.3 Å². The lowest BCUT2D eigenvalue weighted by atomic mass is 10.0. The topological polar surface area (TPSA) is 115 Å². The Bertz CT molecular complexity index is 978. The molecule has 2 aromatic rings. The van der Waals surface area contributed by atoms with E-state index in [-0.39, 0.29) is 42.8 Å². The fourth-order valence-electron chi connectivity index (χ4n) is 4.10. The second kappa shape index (κ2) is 13.5. The molecule has 1 atom stereocenters. The number of nitrogens with one attached hydrogen (secondary N) is 1. The zero-order chi connectivity index (χ0) is 25.0. The monoisotopic (exact) mass is 480 g/mol. The lowest BCUT2D eigenvalue weighted by Crippen LogP contribution is -2.46. The van der Waals surface area contributed by atoms with Gasteiger partial charge < -0.3 is 20.7 Å². The van der Waals surface area contributed by atoms with Crippen LogP contribution in [-0.2, 0) is 32.0 Å². The molecule has 35 heavy (non-hydrogen) atoms. The number of carbonyl (C=O) groups is 3. The summed E-state index contributed by atoms with van der Waals surface area (Å²) >= 11 is 0. The van der Waals surface area contributed by atoms with Crippen LogP contribution in [0, 0.1) is 0 Å². The Morgan fingerprint density at radius 3 is 2.60 bits per heavy atom. The summed E-state index contributed by atoms with van der Waals surface area (Å²) in [6.45, 7) is 2.07. The van der Waals surface area contributed by atoms with Gasteiger partial charge in [0.25, 0.3) is 0 Å². The van der Waals surface area contributed by atoms with Gasteiger partial charge in [-0.15, -0.1) is 0 Å². The number of anilines is 1. The summed E-state index contributed by atoms with van der Waals surface area (Å²) in [6, 6.07) is 13.4. The Kier molecular flexibility index (Phi) is 10.1. The predicted molar refractivity (Wildman–Crippen MR) is 134 cm³/mol. The minimum Gasteiger partial charge on any atom is -0.466 e. The van der Waals surface area contributed by atoms with Crippen molar-refractivity contribution in [2.75, 3.05) is 18.9 Å². The Labute approximate surface area is 207 Å². The summed E-state index contributed by atoms with van der Waals surface area (Å²) in [5.74, 6) is -0.127. The quantitative estimate of drug-likeness (QED) is 0.402. The van der Waals surface area contributed by atoms with Crippen LogP contribution in [0.3, 0.4) is 0 Å². The third-order valence-corrected chi connectivity index (χ3v) is 6.03. The van der Waals surface area contributed by atoms with Crippen LogP contribution in [0.1, 0.15) is 56.6 Å². The third kappa shape index (κ3) is 9.39. The van der Waals surface area contributed by atoms with Gasteiger partial charge >= 0.3 is 5.97 Å². The van der Waals surface area contributed by atoms with Crippen LogP contribution in [-0.4, -0.2) is 52.9 Å². The summed E-state index contributed by atoms with van der Waals surface area (Å²) < 4.78 is 5.10. The number of amides is 2. The van der Waals surface area contributed by atoms with Crippen molar-refractivity contribution in [2.45, 2.75) is 70.4 Å². The SMILES string of the molecule is CCOC(=O)C[C@@H](CCc1ccccc1)NC(=O)CN(C(=O)CCCc1ccnc(N)c1)C1CC1. The largest absolute Gasteiger partial charge is 0.466 e. The van der Waals surface area contributed by atoms with Crippen LogP contribution in [0.15, 0.2) is 48.7 Å². The number of carbonyl (C=O) groups excluding carboxylic acids is 3. The number of benzene rings is 1. The van der Waals surface area contributed by atoms with E-state index in [0.29, 0.717) is 31.7 Å². The molecule has 3 rings (SSSR count). The number of esters is 1. The molecule has 8 nitrogen and oxygen atoms in total. The van der Waals surface area contributed by atoms with E-state index in [1.165, 1.54) is 0 Å². The first-order valence-electron chi connectivity index (χ1n) is 12.4. The van der Waals surface area contributed by atoms with E-state index in [9.17, 15) is 14.4 Å². The molecule has 0 bridgehead atoms. The standard InChI is InChI=1S/C27H36N4O4/c1-2-35-27(34)18-22(12-11-20-7-4-3-5-8-20)30-25(32)19-31(23-13-14-23)26(33)10-6-9-21-15-16-29-24(28)17-21/h3-5,7-8,15-17,22-23H,2,6,9-14,18-19H2,1H3,(H2,28,29)(H,30,32)/t22-/m1/s1. The van der Waals surface area contributed by atoms with Gasteiger partial charge in [0.2, 0.25) is 11.8 Å². The summed E-state index contributed by atoms with van der Waals surface area (Å²) in [4.78, 5) is 43.6. The average molecular weight is 481 g/mol. The highest BCUT2D eigenvalue weighted by molar-refractivity contribution is 5.85. The van der Waals surface area contributed by atoms with Crippen LogP contribution in [0.5, 0.6) is 0 Å². The number of nitrogen functional groups attached to an aromatic ring is 1. The van der Waals surface area contributed by atoms with Crippen LogP contribution in [0.4, 0.5) is 5.82 Å². The Morgan fingerprint density at radius 1 is 1.14 bits per heavy atom. The first-order valence-corrected chi connectivity index (χ1v) is 12.4. The number of hydrogen-bond acceptors (Lipinski definition) is 6. The fourth-order valence-corrected chi connectivity index (χ4v) is 4.10. The van der Waals surface area contributed by atoms with E-state index >= 15 is 0 Å². The Morgan fingerprint density at radius 2 is 1.91 bits per heavy atom. The van der Waals surface area contributed by atoms with E-state index < -0.39 is 0 Å². The summed E-state index contributed by atoms with van der Waals surface area (Å²) in [5.41, 5.74) is 7.91. The molecule has 1 fully saturated rings. The van der Waals surface area contributed by atoms with Gasteiger partial charge in [0, 0.05) is 24.7 Å². The zero-order valence-corrected chi connectivity index (χ0v) is 20.4. The molecular weight excluding hydrogens is 444 g/mol.